The molecule has 4 nitrogen and oxygen atoms in total. The highest BCUT2D eigenvalue weighted by atomic mass is 32.2. The second-order valence-corrected chi connectivity index (χ2v) is 11.1. The van der Waals surface area contributed by atoms with Crippen molar-refractivity contribution in [2.75, 3.05) is 6.26 Å². The molecule has 2 aromatic carbocycles. The summed E-state index contributed by atoms with van der Waals surface area (Å²) in [5.74, 6) is -0.307. The highest BCUT2D eigenvalue weighted by Crippen LogP contribution is 2.32. The molecule has 0 bridgehead atoms. The number of nitrogens with zero attached hydrogens (tertiary/aromatic N) is 1. The molecular weight excluding hydrogens is 377 g/mol. The third-order valence-corrected chi connectivity index (χ3v) is 5.66. The number of rotatable bonds is 2. The van der Waals surface area contributed by atoms with Gasteiger partial charge in [-0.05, 0) is 49.4 Å². The third kappa shape index (κ3) is 5.41. The van der Waals surface area contributed by atoms with E-state index in [-0.39, 0.29) is 11.2 Å². The van der Waals surface area contributed by atoms with Gasteiger partial charge in [0.15, 0.2) is 0 Å². The Hall–Kier alpha value is -2.21. The second kappa shape index (κ2) is 7.66. The molecule has 1 atom stereocenters. The minimum Gasteiger partial charge on any atom is -0.442 e. The lowest BCUT2D eigenvalue weighted by molar-refractivity contribution is 0.0607. The number of halogens is 1. The van der Waals surface area contributed by atoms with Crippen LogP contribution >= 0.6 is 0 Å². The highest BCUT2D eigenvalue weighted by molar-refractivity contribution is 7.93. The predicted octanol–water partition coefficient (Wildman–Crippen LogP) is 6.18. The van der Waals surface area contributed by atoms with Crippen molar-refractivity contribution < 1.29 is 18.1 Å². The highest BCUT2D eigenvalue weighted by Gasteiger charge is 2.22. The van der Waals surface area contributed by atoms with Crippen molar-refractivity contribution in [1.82, 2.24) is 0 Å². The van der Waals surface area contributed by atoms with Crippen molar-refractivity contribution in [3.8, 4) is 11.1 Å². The van der Waals surface area contributed by atoms with Gasteiger partial charge in [-0.15, -0.1) is 4.36 Å². The largest absolute Gasteiger partial charge is 0.442 e. The third-order valence-electron chi connectivity index (χ3n) is 4.03. The summed E-state index contributed by atoms with van der Waals surface area (Å²) in [5, 5.41) is 0. The van der Waals surface area contributed by atoms with Gasteiger partial charge in [-0.2, -0.15) is 0 Å². The Balaban J connectivity index is 2.51. The van der Waals surface area contributed by atoms with Gasteiger partial charge in [0.05, 0.1) is 9.73 Å². The molecule has 0 heterocycles. The van der Waals surface area contributed by atoms with Crippen molar-refractivity contribution in [3.05, 3.63) is 53.8 Å². The van der Waals surface area contributed by atoms with Gasteiger partial charge in [0.1, 0.15) is 11.4 Å². The molecule has 0 aromatic heterocycles. The van der Waals surface area contributed by atoms with Gasteiger partial charge in [0.25, 0.3) is 0 Å². The second-order valence-electron chi connectivity index (χ2n) is 8.82. The Morgan fingerprint density at radius 1 is 1.04 bits per heavy atom. The van der Waals surface area contributed by atoms with Gasteiger partial charge in [-0.1, -0.05) is 51.1 Å². The average Bonchev–Trinajstić information content (AvgIpc) is 2.51. The molecule has 1 unspecified atom stereocenters. The molecule has 0 saturated carbocycles. The maximum atomic E-state index is 15.1. The van der Waals surface area contributed by atoms with Crippen LogP contribution in [0, 0.1) is 5.82 Å². The molecule has 0 radical (unpaired) electrons. The van der Waals surface area contributed by atoms with Crippen LogP contribution in [0.3, 0.4) is 0 Å². The fraction of sp³-hybridized carbons (Fsp3) is 0.409. The van der Waals surface area contributed by atoms with Gasteiger partial charge in [-0.25, -0.2) is 13.4 Å². The van der Waals surface area contributed by atoms with Crippen molar-refractivity contribution in [2.45, 2.75) is 57.5 Å². The summed E-state index contributed by atoms with van der Waals surface area (Å²) in [4.78, 5) is 12.3. The van der Waals surface area contributed by atoms with Crippen LogP contribution in [0.4, 0.5) is 9.18 Å². The molecule has 0 fully saturated rings. The first-order chi connectivity index (χ1) is 12.7. The van der Waals surface area contributed by atoms with E-state index in [0.29, 0.717) is 21.6 Å². The topological polar surface area (TPSA) is 55.7 Å². The van der Waals surface area contributed by atoms with E-state index in [2.05, 4.69) is 4.36 Å². The first kappa shape index (κ1) is 22.1. The van der Waals surface area contributed by atoms with Crippen LogP contribution in [0.25, 0.3) is 11.1 Å². The Bertz CT molecular complexity index is 1010. The predicted molar refractivity (Wildman–Crippen MR) is 112 cm³/mol. The molecule has 152 valence electrons. The number of amides is 1. The zero-order valence-electron chi connectivity index (χ0n) is 17.5. The maximum absolute atomic E-state index is 15.1. The average molecular weight is 406 g/mol. The zero-order chi connectivity index (χ0) is 21.3. The van der Waals surface area contributed by atoms with E-state index in [0.717, 1.165) is 0 Å². The lowest BCUT2D eigenvalue weighted by atomic mass is 9.85. The summed E-state index contributed by atoms with van der Waals surface area (Å²) in [6, 6.07) is 11.9. The molecule has 0 saturated heterocycles. The lowest BCUT2D eigenvalue weighted by Gasteiger charge is -2.21. The standard InChI is InChI=1S/C22H28FNO3S/c1-21(2,3)18-13-9-12-17(19(18)23)15-10-8-11-16(14-15)28(7,26)24-20(25)27-22(4,5)6/h8-14H,1-7H3. The fourth-order valence-corrected chi connectivity index (χ4v) is 3.81. The lowest BCUT2D eigenvalue weighted by Crippen LogP contribution is -2.22. The summed E-state index contributed by atoms with van der Waals surface area (Å²) in [5.41, 5.74) is 0.527. The van der Waals surface area contributed by atoms with Gasteiger partial charge >= 0.3 is 6.09 Å². The van der Waals surface area contributed by atoms with E-state index < -0.39 is 21.4 Å². The summed E-state index contributed by atoms with van der Waals surface area (Å²) in [6.07, 6.45) is 0.490. The number of ether oxygens (including phenoxy) is 1. The molecule has 0 aliphatic heterocycles. The number of hydrogen-bond donors (Lipinski definition) is 0. The van der Waals surface area contributed by atoms with Crippen LogP contribution in [0.2, 0.25) is 0 Å². The van der Waals surface area contributed by atoms with E-state index in [4.69, 9.17) is 4.74 Å². The minimum atomic E-state index is -3.04. The van der Waals surface area contributed by atoms with Gasteiger partial charge in [0, 0.05) is 16.7 Å². The quantitative estimate of drug-likeness (QED) is 0.599. The van der Waals surface area contributed by atoms with E-state index in [1.165, 1.54) is 6.26 Å². The first-order valence-electron chi connectivity index (χ1n) is 9.05. The Kier molecular flexibility index (Phi) is 6.04. The molecule has 0 aliphatic rings. The number of carbonyl (C=O) groups excluding carboxylic acids is 1. The van der Waals surface area contributed by atoms with E-state index >= 15 is 4.39 Å². The van der Waals surface area contributed by atoms with Crippen LogP contribution in [-0.4, -0.2) is 22.2 Å². The Morgan fingerprint density at radius 3 is 2.21 bits per heavy atom. The van der Waals surface area contributed by atoms with Crippen LogP contribution in [0.15, 0.2) is 51.7 Å². The SMILES string of the molecule is CC(C)(C)OC(=O)N=S(C)(=O)c1cccc(-c2cccc(C(C)(C)C)c2F)c1. The van der Waals surface area contributed by atoms with Crippen molar-refractivity contribution in [1.29, 1.82) is 0 Å². The van der Waals surface area contributed by atoms with Crippen molar-refractivity contribution in [2.24, 2.45) is 4.36 Å². The number of hydrogen-bond acceptors (Lipinski definition) is 3. The van der Waals surface area contributed by atoms with Crippen LogP contribution in [0.1, 0.15) is 47.1 Å². The number of carbonyl (C=O) groups is 1. The van der Waals surface area contributed by atoms with Gasteiger partial charge in [-0.3, -0.25) is 0 Å². The maximum Gasteiger partial charge on any atom is 0.442 e. The molecule has 0 aliphatic carbocycles. The molecule has 1 amide bonds. The summed E-state index contributed by atoms with van der Waals surface area (Å²) in [7, 11) is -3.04. The molecule has 2 rings (SSSR count). The normalized spacial score (nSPS) is 14.3. The Morgan fingerprint density at radius 2 is 1.64 bits per heavy atom. The fourth-order valence-electron chi connectivity index (χ4n) is 2.71. The van der Waals surface area contributed by atoms with Crippen LogP contribution in [-0.2, 0) is 19.9 Å². The molecule has 0 N–H and O–H groups in total. The smallest absolute Gasteiger partial charge is 0.442 e. The van der Waals surface area contributed by atoms with Crippen molar-refractivity contribution in [3.63, 3.8) is 0 Å². The summed E-state index contributed by atoms with van der Waals surface area (Å²) >= 11 is 0. The first-order valence-corrected chi connectivity index (χ1v) is 11.0. The van der Waals surface area contributed by atoms with Crippen LogP contribution in [0.5, 0.6) is 0 Å². The summed E-state index contributed by atoms with van der Waals surface area (Å²) in [6.45, 7) is 11.0. The van der Waals surface area contributed by atoms with E-state index in [1.54, 1.807) is 63.2 Å². The van der Waals surface area contributed by atoms with E-state index in [9.17, 15) is 9.00 Å². The molecule has 2 aromatic rings. The number of benzene rings is 2. The molecular formula is C22H28FNO3S. The minimum absolute atomic E-state index is 0.307. The van der Waals surface area contributed by atoms with Gasteiger partial charge in [0.2, 0.25) is 0 Å². The zero-order valence-corrected chi connectivity index (χ0v) is 18.3. The molecule has 28 heavy (non-hydrogen) atoms. The van der Waals surface area contributed by atoms with E-state index in [1.807, 2.05) is 20.8 Å². The molecule has 6 heteroatoms. The van der Waals surface area contributed by atoms with Gasteiger partial charge < -0.3 is 4.74 Å². The van der Waals surface area contributed by atoms with Crippen molar-refractivity contribution >= 4 is 15.8 Å². The monoisotopic (exact) mass is 405 g/mol. The molecule has 0 spiro atoms. The summed E-state index contributed by atoms with van der Waals surface area (Å²) < 4.78 is 37.0. The Labute approximate surface area is 167 Å². The van der Waals surface area contributed by atoms with Crippen LogP contribution < -0.4 is 0 Å².